The minimum absolute atomic E-state index is 0.0519. The number of carbonyl (C=O) groups is 2. The van der Waals surface area contributed by atoms with Gasteiger partial charge in [0.05, 0.1) is 18.6 Å². The Morgan fingerprint density at radius 3 is 2.44 bits per heavy atom. The summed E-state index contributed by atoms with van der Waals surface area (Å²) in [7, 11) is 0. The highest BCUT2D eigenvalue weighted by Gasteiger charge is 2.33. The van der Waals surface area contributed by atoms with E-state index in [2.05, 4.69) is 26.1 Å². The summed E-state index contributed by atoms with van der Waals surface area (Å²) in [6.45, 7) is 6.14. The molecule has 1 unspecified atom stereocenters. The zero-order valence-corrected chi connectivity index (χ0v) is 10.2. The van der Waals surface area contributed by atoms with E-state index in [1.54, 1.807) is 0 Å². The molecule has 0 radical (unpaired) electrons. The van der Waals surface area contributed by atoms with E-state index >= 15 is 0 Å². The van der Waals surface area contributed by atoms with Crippen molar-refractivity contribution in [2.24, 2.45) is 11.3 Å². The smallest absolute Gasteiger partial charge is 0.224 e. The average molecular weight is 227 g/mol. The molecular formula is C12H21NO3. The molecule has 0 aromatic rings. The Bertz CT molecular complexity index is 272. The van der Waals surface area contributed by atoms with Gasteiger partial charge in [-0.15, -0.1) is 0 Å². The Hall–Kier alpha value is -0.900. The lowest BCUT2D eigenvalue weighted by Crippen LogP contribution is -2.46. The molecule has 1 aliphatic carbocycles. The summed E-state index contributed by atoms with van der Waals surface area (Å²) in [4.78, 5) is 22.4. The van der Waals surface area contributed by atoms with Crippen molar-refractivity contribution >= 4 is 11.7 Å². The largest absolute Gasteiger partial charge is 0.394 e. The molecule has 1 saturated carbocycles. The summed E-state index contributed by atoms with van der Waals surface area (Å²) in [6.07, 6.45) is 1.45. The topological polar surface area (TPSA) is 66.4 Å². The summed E-state index contributed by atoms with van der Waals surface area (Å²) in [5.74, 6) is -0.110. The van der Waals surface area contributed by atoms with Crippen molar-refractivity contribution in [2.45, 2.75) is 46.1 Å². The molecule has 1 atom stereocenters. The molecule has 4 nitrogen and oxygen atoms in total. The van der Waals surface area contributed by atoms with Crippen LogP contribution < -0.4 is 5.32 Å². The molecule has 92 valence electrons. The van der Waals surface area contributed by atoms with E-state index in [0.29, 0.717) is 12.8 Å². The van der Waals surface area contributed by atoms with Crippen LogP contribution in [0.15, 0.2) is 0 Å². The van der Waals surface area contributed by atoms with E-state index < -0.39 is 0 Å². The van der Waals surface area contributed by atoms with Crippen LogP contribution in [0, 0.1) is 11.3 Å². The fourth-order valence-electron chi connectivity index (χ4n) is 1.89. The monoisotopic (exact) mass is 227 g/mol. The van der Waals surface area contributed by atoms with Crippen molar-refractivity contribution in [1.82, 2.24) is 5.32 Å². The Balaban J connectivity index is 2.38. The van der Waals surface area contributed by atoms with Gasteiger partial charge in [0.1, 0.15) is 5.78 Å². The quantitative estimate of drug-likeness (QED) is 0.749. The van der Waals surface area contributed by atoms with Gasteiger partial charge in [-0.3, -0.25) is 9.59 Å². The lowest BCUT2D eigenvalue weighted by molar-refractivity contribution is -0.138. The van der Waals surface area contributed by atoms with Crippen LogP contribution in [0.4, 0.5) is 0 Å². The minimum atomic E-state index is -0.205. The standard InChI is InChI=1S/C12H21NO3/c1-12(2,3)6-9(7-14)13-11(16)8-4-10(15)5-8/h8-9,14H,4-7H2,1-3H3,(H,13,16). The number of amides is 1. The molecule has 0 spiro atoms. The van der Waals surface area contributed by atoms with Crippen LogP contribution in [0.5, 0.6) is 0 Å². The van der Waals surface area contributed by atoms with Crippen LogP contribution in [-0.4, -0.2) is 29.4 Å². The second kappa shape index (κ2) is 4.95. The highest BCUT2D eigenvalue weighted by Crippen LogP contribution is 2.24. The van der Waals surface area contributed by atoms with Crippen molar-refractivity contribution in [2.75, 3.05) is 6.61 Å². The third-order valence-corrected chi connectivity index (χ3v) is 2.74. The van der Waals surface area contributed by atoms with Gasteiger partial charge in [-0.2, -0.15) is 0 Å². The van der Waals surface area contributed by atoms with E-state index in [4.69, 9.17) is 0 Å². The van der Waals surface area contributed by atoms with Crippen LogP contribution in [0.3, 0.4) is 0 Å². The van der Waals surface area contributed by atoms with Gasteiger partial charge in [0, 0.05) is 12.8 Å². The second-order valence-corrected chi connectivity index (χ2v) is 5.80. The number of rotatable bonds is 4. The zero-order chi connectivity index (χ0) is 12.3. The third-order valence-electron chi connectivity index (χ3n) is 2.74. The second-order valence-electron chi connectivity index (χ2n) is 5.80. The van der Waals surface area contributed by atoms with Crippen LogP contribution >= 0.6 is 0 Å². The van der Waals surface area contributed by atoms with Crippen LogP contribution in [-0.2, 0) is 9.59 Å². The molecule has 0 aromatic heterocycles. The van der Waals surface area contributed by atoms with Crippen LogP contribution in [0.25, 0.3) is 0 Å². The van der Waals surface area contributed by atoms with Gasteiger partial charge in [-0.05, 0) is 11.8 Å². The van der Waals surface area contributed by atoms with E-state index in [-0.39, 0.29) is 35.7 Å². The molecular weight excluding hydrogens is 206 g/mol. The summed E-state index contributed by atoms with van der Waals surface area (Å²) in [6, 6.07) is -0.205. The molecule has 1 rings (SSSR count). The van der Waals surface area contributed by atoms with Gasteiger partial charge in [0.25, 0.3) is 0 Å². The number of carbonyl (C=O) groups excluding carboxylic acids is 2. The lowest BCUT2D eigenvalue weighted by atomic mass is 9.82. The fourth-order valence-corrected chi connectivity index (χ4v) is 1.89. The van der Waals surface area contributed by atoms with Crippen LogP contribution in [0.1, 0.15) is 40.0 Å². The average Bonchev–Trinajstić information content (AvgIpc) is 2.09. The summed E-state index contributed by atoms with van der Waals surface area (Å²) in [5, 5.41) is 12.0. The molecule has 2 N–H and O–H groups in total. The molecule has 0 heterocycles. The number of ketones is 1. The molecule has 1 fully saturated rings. The molecule has 0 saturated heterocycles. The van der Waals surface area contributed by atoms with Crippen molar-refractivity contribution in [1.29, 1.82) is 0 Å². The number of aliphatic hydroxyl groups is 1. The fraction of sp³-hybridized carbons (Fsp3) is 0.833. The van der Waals surface area contributed by atoms with Crippen LogP contribution in [0.2, 0.25) is 0 Å². The summed E-state index contributed by atoms with van der Waals surface area (Å²) in [5.41, 5.74) is 0.0656. The lowest BCUT2D eigenvalue weighted by Gasteiger charge is -2.29. The van der Waals surface area contributed by atoms with Gasteiger partial charge in [-0.25, -0.2) is 0 Å². The van der Waals surface area contributed by atoms with Crippen molar-refractivity contribution in [3.05, 3.63) is 0 Å². The zero-order valence-electron chi connectivity index (χ0n) is 10.2. The first-order chi connectivity index (χ1) is 7.31. The van der Waals surface area contributed by atoms with E-state index in [1.807, 2.05) is 0 Å². The predicted molar refractivity (Wildman–Crippen MR) is 60.8 cm³/mol. The normalized spacial score (nSPS) is 19.1. The molecule has 4 heteroatoms. The van der Waals surface area contributed by atoms with E-state index in [9.17, 15) is 14.7 Å². The minimum Gasteiger partial charge on any atom is -0.394 e. The van der Waals surface area contributed by atoms with E-state index in [0.717, 1.165) is 6.42 Å². The van der Waals surface area contributed by atoms with E-state index in [1.165, 1.54) is 0 Å². The van der Waals surface area contributed by atoms with Gasteiger partial charge < -0.3 is 10.4 Å². The highest BCUT2D eigenvalue weighted by molar-refractivity contribution is 5.96. The molecule has 0 aromatic carbocycles. The first-order valence-corrected chi connectivity index (χ1v) is 5.75. The highest BCUT2D eigenvalue weighted by atomic mass is 16.3. The van der Waals surface area contributed by atoms with Gasteiger partial charge in [0.15, 0.2) is 0 Å². The van der Waals surface area contributed by atoms with Crippen molar-refractivity contribution < 1.29 is 14.7 Å². The molecule has 0 aliphatic heterocycles. The Morgan fingerprint density at radius 2 is 2.06 bits per heavy atom. The van der Waals surface area contributed by atoms with Gasteiger partial charge in [0.2, 0.25) is 5.91 Å². The Labute approximate surface area is 96.4 Å². The Morgan fingerprint density at radius 1 is 1.50 bits per heavy atom. The maximum atomic E-state index is 11.7. The SMILES string of the molecule is CC(C)(C)CC(CO)NC(=O)C1CC(=O)C1. The maximum absolute atomic E-state index is 11.7. The third kappa shape index (κ3) is 3.93. The van der Waals surface area contributed by atoms with Gasteiger partial charge >= 0.3 is 0 Å². The number of hydrogen-bond acceptors (Lipinski definition) is 3. The molecule has 1 amide bonds. The Kier molecular flexibility index (Phi) is 4.08. The molecule has 16 heavy (non-hydrogen) atoms. The molecule has 1 aliphatic rings. The number of aliphatic hydroxyl groups excluding tert-OH is 1. The summed E-state index contributed by atoms with van der Waals surface area (Å²) < 4.78 is 0. The van der Waals surface area contributed by atoms with Crippen molar-refractivity contribution in [3.63, 3.8) is 0 Å². The van der Waals surface area contributed by atoms with Gasteiger partial charge in [-0.1, -0.05) is 20.8 Å². The number of Topliss-reactive ketones (excluding diaryl/α,β-unsaturated/α-hetero) is 1. The number of nitrogens with one attached hydrogen (secondary N) is 1. The number of hydrogen-bond donors (Lipinski definition) is 2. The predicted octanol–water partition coefficient (Wildman–Crippen LogP) is 0.879. The first-order valence-electron chi connectivity index (χ1n) is 5.75. The maximum Gasteiger partial charge on any atom is 0.224 e. The first kappa shape index (κ1) is 13.2. The molecule has 0 bridgehead atoms. The summed E-state index contributed by atoms with van der Waals surface area (Å²) >= 11 is 0. The van der Waals surface area contributed by atoms with Crippen molar-refractivity contribution in [3.8, 4) is 0 Å².